The SMILES string of the molecule is Cc1ccc(Cl)c(Oc2ccc(C(C)N)cc2Cl)c1. The van der Waals surface area contributed by atoms with E-state index in [-0.39, 0.29) is 6.04 Å². The Morgan fingerprint density at radius 2 is 1.74 bits per heavy atom. The summed E-state index contributed by atoms with van der Waals surface area (Å²) in [6.45, 7) is 3.88. The van der Waals surface area contributed by atoms with E-state index in [1.54, 1.807) is 12.1 Å². The first-order valence-electron chi connectivity index (χ1n) is 5.96. The molecule has 0 aromatic heterocycles. The molecule has 2 nitrogen and oxygen atoms in total. The highest BCUT2D eigenvalue weighted by Gasteiger charge is 2.09. The second-order valence-corrected chi connectivity index (χ2v) is 5.33. The molecule has 19 heavy (non-hydrogen) atoms. The van der Waals surface area contributed by atoms with Crippen molar-refractivity contribution in [2.45, 2.75) is 19.9 Å². The minimum atomic E-state index is -0.0610. The van der Waals surface area contributed by atoms with Gasteiger partial charge in [0.05, 0.1) is 10.0 Å². The average molecular weight is 296 g/mol. The van der Waals surface area contributed by atoms with Gasteiger partial charge in [0.25, 0.3) is 0 Å². The van der Waals surface area contributed by atoms with Crippen molar-refractivity contribution in [3.8, 4) is 11.5 Å². The number of benzene rings is 2. The third-order valence-electron chi connectivity index (χ3n) is 2.79. The quantitative estimate of drug-likeness (QED) is 0.853. The van der Waals surface area contributed by atoms with Gasteiger partial charge in [-0.2, -0.15) is 0 Å². The highest BCUT2D eigenvalue weighted by molar-refractivity contribution is 6.32. The van der Waals surface area contributed by atoms with Crippen LogP contribution in [0.1, 0.15) is 24.1 Å². The summed E-state index contributed by atoms with van der Waals surface area (Å²) in [7, 11) is 0. The van der Waals surface area contributed by atoms with E-state index in [9.17, 15) is 0 Å². The van der Waals surface area contributed by atoms with Crippen molar-refractivity contribution in [1.29, 1.82) is 0 Å². The molecule has 2 aromatic rings. The van der Waals surface area contributed by atoms with Crippen molar-refractivity contribution >= 4 is 23.2 Å². The van der Waals surface area contributed by atoms with Gasteiger partial charge in [0.2, 0.25) is 0 Å². The van der Waals surface area contributed by atoms with Crippen LogP contribution in [0.2, 0.25) is 10.0 Å². The number of nitrogens with two attached hydrogens (primary N) is 1. The Bertz CT molecular complexity index is 597. The van der Waals surface area contributed by atoms with Crippen molar-refractivity contribution in [3.63, 3.8) is 0 Å². The predicted octanol–water partition coefficient (Wildman–Crippen LogP) is 5.11. The lowest BCUT2D eigenvalue weighted by Gasteiger charge is -2.12. The Balaban J connectivity index is 2.31. The number of ether oxygens (including phenoxy) is 1. The lowest BCUT2D eigenvalue weighted by Crippen LogP contribution is -2.04. The normalized spacial score (nSPS) is 12.3. The molecule has 0 saturated carbocycles. The minimum absolute atomic E-state index is 0.0610. The zero-order valence-corrected chi connectivity index (χ0v) is 12.3. The molecule has 2 aromatic carbocycles. The van der Waals surface area contributed by atoms with Crippen molar-refractivity contribution in [2.24, 2.45) is 5.73 Å². The maximum atomic E-state index is 6.19. The van der Waals surface area contributed by atoms with Crippen molar-refractivity contribution in [3.05, 3.63) is 57.6 Å². The first kappa shape index (κ1) is 14.2. The van der Waals surface area contributed by atoms with Gasteiger partial charge in [0, 0.05) is 6.04 Å². The van der Waals surface area contributed by atoms with Crippen LogP contribution in [0, 0.1) is 6.92 Å². The summed E-state index contributed by atoms with van der Waals surface area (Å²) in [5.41, 5.74) is 7.85. The molecule has 2 rings (SSSR count). The maximum Gasteiger partial charge on any atom is 0.146 e. The summed E-state index contributed by atoms with van der Waals surface area (Å²) in [5.74, 6) is 1.16. The molecule has 0 spiro atoms. The molecule has 0 bridgehead atoms. The molecule has 0 aliphatic rings. The van der Waals surface area contributed by atoms with E-state index in [1.165, 1.54) is 0 Å². The highest BCUT2D eigenvalue weighted by Crippen LogP contribution is 2.35. The van der Waals surface area contributed by atoms with Crippen molar-refractivity contribution in [1.82, 2.24) is 0 Å². The molecule has 0 aliphatic heterocycles. The fraction of sp³-hybridized carbons (Fsp3) is 0.200. The fourth-order valence-corrected chi connectivity index (χ4v) is 2.07. The van der Waals surface area contributed by atoms with Crippen LogP contribution in [0.5, 0.6) is 11.5 Å². The average Bonchev–Trinajstić information content (AvgIpc) is 2.36. The van der Waals surface area contributed by atoms with Crippen LogP contribution in [0.15, 0.2) is 36.4 Å². The number of hydrogen-bond donors (Lipinski definition) is 1. The molecule has 0 radical (unpaired) electrons. The lowest BCUT2D eigenvalue weighted by molar-refractivity contribution is 0.482. The Morgan fingerprint density at radius 3 is 2.37 bits per heavy atom. The first-order chi connectivity index (χ1) is 8.97. The van der Waals surface area contributed by atoms with Crippen molar-refractivity contribution in [2.75, 3.05) is 0 Å². The highest BCUT2D eigenvalue weighted by atomic mass is 35.5. The van der Waals surface area contributed by atoms with Crippen LogP contribution >= 0.6 is 23.2 Å². The van der Waals surface area contributed by atoms with Crippen LogP contribution in [0.4, 0.5) is 0 Å². The molecule has 100 valence electrons. The van der Waals surface area contributed by atoms with Gasteiger partial charge >= 0.3 is 0 Å². The Kier molecular flexibility index (Phi) is 4.35. The van der Waals surface area contributed by atoms with Crippen LogP contribution in [-0.4, -0.2) is 0 Å². The standard InChI is InChI=1S/C15H15Cl2NO/c1-9-3-5-12(16)15(7-9)19-14-6-4-11(10(2)18)8-13(14)17/h3-8,10H,18H2,1-2H3. The van der Waals surface area contributed by atoms with E-state index >= 15 is 0 Å². The molecular weight excluding hydrogens is 281 g/mol. The fourth-order valence-electron chi connectivity index (χ4n) is 1.69. The molecular formula is C15H15Cl2NO. The van der Waals surface area contributed by atoms with Gasteiger partial charge in [0.15, 0.2) is 0 Å². The Morgan fingerprint density at radius 1 is 1.00 bits per heavy atom. The van der Waals surface area contributed by atoms with Gasteiger partial charge in [-0.05, 0) is 49.2 Å². The van der Waals surface area contributed by atoms with Crippen LogP contribution < -0.4 is 10.5 Å². The summed E-state index contributed by atoms with van der Waals surface area (Å²) in [5, 5.41) is 1.07. The van der Waals surface area contributed by atoms with Crippen LogP contribution in [-0.2, 0) is 0 Å². The second-order valence-electron chi connectivity index (χ2n) is 4.51. The lowest BCUT2D eigenvalue weighted by atomic mass is 10.1. The topological polar surface area (TPSA) is 35.2 Å². The molecule has 2 N–H and O–H groups in total. The number of halogens is 2. The molecule has 4 heteroatoms. The zero-order chi connectivity index (χ0) is 14.0. The molecule has 0 heterocycles. The predicted molar refractivity (Wildman–Crippen MR) is 80.3 cm³/mol. The third-order valence-corrected chi connectivity index (χ3v) is 3.40. The molecule has 1 atom stereocenters. The molecule has 0 fully saturated rings. The maximum absolute atomic E-state index is 6.19. The van der Waals surface area contributed by atoms with E-state index in [1.807, 2.05) is 38.1 Å². The van der Waals surface area contributed by atoms with Gasteiger partial charge in [-0.25, -0.2) is 0 Å². The molecule has 0 aliphatic carbocycles. The van der Waals surface area contributed by atoms with E-state index < -0.39 is 0 Å². The van der Waals surface area contributed by atoms with Gasteiger partial charge < -0.3 is 10.5 Å². The smallest absolute Gasteiger partial charge is 0.146 e. The molecule has 1 unspecified atom stereocenters. The number of aryl methyl sites for hydroxylation is 1. The molecule has 0 amide bonds. The summed E-state index contributed by atoms with van der Waals surface area (Å²) in [6.07, 6.45) is 0. The Labute approximate surface area is 123 Å². The summed E-state index contributed by atoms with van der Waals surface area (Å²) in [4.78, 5) is 0. The largest absolute Gasteiger partial charge is 0.454 e. The third kappa shape index (κ3) is 3.41. The van der Waals surface area contributed by atoms with E-state index in [0.717, 1.165) is 11.1 Å². The second kappa shape index (κ2) is 5.83. The number of rotatable bonds is 3. The Hall–Kier alpha value is -1.22. The van der Waals surface area contributed by atoms with Gasteiger partial charge in [0.1, 0.15) is 11.5 Å². The minimum Gasteiger partial charge on any atom is -0.454 e. The van der Waals surface area contributed by atoms with Crippen LogP contribution in [0.3, 0.4) is 0 Å². The van der Waals surface area contributed by atoms with Gasteiger partial charge in [-0.1, -0.05) is 35.3 Å². The zero-order valence-electron chi connectivity index (χ0n) is 10.8. The number of hydrogen-bond acceptors (Lipinski definition) is 2. The summed E-state index contributed by atoms with van der Waals surface area (Å²) >= 11 is 12.3. The summed E-state index contributed by atoms with van der Waals surface area (Å²) < 4.78 is 5.75. The monoisotopic (exact) mass is 295 g/mol. The van der Waals surface area contributed by atoms with Gasteiger partial charge in [-0.15, -0.1) is 0 Å². The summed E-state index contributed by atoms with van der Waals surface area (Å²) in [6, 6.07) is 11.1. The van der Waals surface area contributed by atoms with Crippen molar-refractivity contribution < 1.29 is 4.74 Å². The van der Waals surface area contributed by atoms with Crippen LogP contribution in [0.25, 0.3) is 0 Å². The van der Waals surface area contributed by atoms with E-state index in [0.29, 0.717) is 21.5 Å². The van der Waals surface area contributed by atoms with E-state index in [2.05, 4.69) is 0 Å². The first-order valence-corrected chi connectivity index (χ1v) is 6.72. The van der Waals surface area contributed by atoms with Gasteiger partial charge in [-0.3, -0.25) is 0 Å². The van der Waals surface area contributed by atoms with E-state index in [4.69, 9.17) is 33.7 Å². The molecule has 0 saturated heterocycles.